The van der Waals surface area contributed by atoms with Gasteiger partial charge in [-0.05, 0) is 32.6 Å². The molecule has 0 aliphatic carbocycles. The number of ether oxygens (including phenoxy) is 1. The second-order valence-corrected chi connectivity index (χ2v) is 4.54. The Balaban J connectivity index is 1.80. The van der Waals surface area contributed by atoms with E-state index in [-0.39, 0.29) is 11.9 Å². The lowest BCUT2D eigenvalue weighted by Gasteiger charge is -2.21. The van der Waals surface area contributed by atoms with Crippen molar-refractivity contribution in [2.45, 2.75) is 51.7 Å². The van der Waals surface area contributed by atoms with E-state index in [4.69, 9.17) is 4.74 Å². The van der Waals surface area contributed by atoms with E-state index >= 15 is 0 Å². The third-order valence-corrected chi connectivity index (χ3v) is 3.25. The molecule has 1 aliphatic heterocycles. The van der Waals surface area contributed by atoms with Crippen molar-refractivity contribution in [2.24, 2.45) is 0 Å². The number of rotatable bonds is 5. The lowest BCUT2D eigenvalue weighted by Crippen LogP contribution is -2.19. The molecular formula is C13H20N2O2. The molecule has 1 unspecified atom stereocenters. The smallest absolute Gasteiger partial charge is 0.166 e. The first-order chi connectivity index (χ1) is 8.29. The van der Waals surface area contributed by atoms with Crippen molar-refractivity contribution in [1.29, 1.82) is 0 Å². The second-order valence-electron chi connectivity index (χ2n) is 4.54. The van der Waals surface area contributed by atoms with Crippen LogP contribution in [-0.2, 0) is 11.3 Å². The van der Waals surface area contributed by atoms with Gasteiger partial charge in [-0.25, -0.2) is 0 Å². The maximum atomic E-state index is 11.9. The molecule has 0 radical (unpaired) electrons. The minimum Gasteiger partial charge on any atom is -0.378 e. The maximum Gasteiger partial charge on any atom is 0.166 e. The van der Waals surface area contributed by atoms with Crippen molar-refractivity contribution in [3.05, 3.63) is 18.0 Å². The summed E-state index contributed by atoms with van der Waals surface area (Å²) in [5, 5.41) is 4.12. The molecule has 1 aromatic heterocycles. The third-order valence-electron chi connectivity index (χ3n) is 3.25. The molecule has 0 bridgehead atoms. The molecule has 1 saturated heterocycles. The van der Waals surface area contributed by atoms with Gasteiger partial charge < -0.3 is 4.74 Å². The van der Waals surface area contributed by atoms with Crippen LogP contribution in [-0.4, -0.2) is 28.3 Å². The predicted molar refractivity (Wildman–Crippen MR) is 65.1 cm³/mol. The van der Waals surface area contributed by atoms with Crippen molar-refractivity contribution >= 4 is 5.78 Å². The molecule has 4 heteroatoms. The molecule has 0 N–H and O–H groups in total. The Labute approximate surface area is 102 Å². The summed E-state index contributed by atoms with van der Waals surface area (Å²) in [5.41, 5.74) is 0.725. The largest absolute Gasteiger partial charge is 0.378 e. The zero-order chi connectivity index (χ0) is 12.1. The van der Waals surface area contributed by atoms with E-state index < -0.39 is 0 Å². The van der Waals surface area contributed by atoms with E-state index in [0.717, 1.165) is 38.0 Å². The molecule has 1 aromatic rings. The highest BCUT2D eigenvalue weighted by molar-refractivity contribution is 5.95. The summed E-state index contributed by atoms with van der Waals surface area (Å²) in [7, 11) is 0. The molecule has 0 saturated carbocycles. The lowest BCUT2D eigenvalue weighted by molar-refractivity contribution is 0.0104. The highest BCUT2D eigenvalue weighted by Crippen LogP contribution is 2.18. The molecule has 2 heterocycles. The summed E-state index contributed by atoms with van der Waals surface area (Å²) in [6.07, 6.45) is 8.67. The average Bonchev–Trinajstić information content (AvgIpc) is 2.86. The van der Waals surface area contributed by atoms with Gasteiger partial charge >= 0.3 is 0 Å². The Morgan fingerprint density at radius 3 is 3.12 bits per heavy atom. The Morgan fingerprint density at radius 1 is 1.59 bits per heavy atom. The van der Waals surface area contributed by atoms with E-state index in [2.05, 4.69) is 5.10 Å². The van der Waals surface area contributed by atoms with Gasteiger partial charge in [0.05, 0.1) is 17.9 Å². The second kappa shape index (κ2) is 5.96. The van der Waals surface area contributed by atoms with Crippen LogP contribution in [0.2, 0.25) is 0 Å². The van der Waals surface area contributed by atoms with Crippen LogP contribution in [0, 0.1) is 0 Å². The SMILES string of the molecule is CCn1cc(C(=O)CCC2CCCCO2)cn1. The molecule has 0 spiro atoms. The number of Topliss-reactive ketones (excluding diaryl/α,β-unsaturated/α-hetero) is 1. The van der Waals surface area contributed by atoms with E-state index in [9.17, 15) is 4.79 Å². The number of hydrogen-bond donors (Lipinski definition) is 0. The molecule has 0 aromatic carbocycles. The van der Waals surface area contributed by atoms with Crippen molar-refractivity contribution in [2.75, 3.05) is 6.61 Å². The van der Waals surface area contributed by atoms with Crippen molar-refractivity contribution in [1.82, 2.24) is 9.78 Å². The average molecular weight is 236 g/mol. The van der Waals surface area contributed by atoms with Crippen molar-refractivity contribution in [3.63, 3.8) is 0 Å². The van der Waals surface area contributed by atoms with Gasteiger partial charge in [0.2, 0.25) is 0 Å². The number of hydrogen-bond acceptors (Lipinski definition) is 3. The van der Waals surface area contributed by atoms with Gasteiger partial charge in [0, 0.05) is 25.8 Å². The van der Waals surface area contributed by atoms with Crippen LogP contribution < -0.4 is 0 Å². The van der Waals surface area contributed by atoms with Gasteiger partial charge in [0.15, 0.2) is 5.78 Å². The summed E-state index contributed by atoms with van der Waals surface area (Å²) >= 11 is 0. The summed E-state index contributed by atoms with van der Waals surface area (Å²) < 4.78 is 7.40. The van der Waals surface area contributed by atoms with Crippen molar-refractivity contribution in [3.8, 4) is 0 Å². The standard InChI is InChI=1S/C13H20N2O2/c1-2-15-10-11(9-14-15)13(16)7-6-12-5-3-4-8-17-12/h9-10,12H,2-8H2,1H3. The first-order valence-corrected chi connectivity index (χ1v) is 6.47. The van der Waals surface area contributed by atoms with Gasteiger partial charge in [-0.2, -0.15) is 5.10 Å². The van der Waals surface area contributed by atoms with Gasteiger partial charge in [0.1, 0.15) is 0 Å². The predicted octanol–water partition coefficient (Wildman–Crippen LogP) is 2.44. The van der Waals surface area contributed by atoms with Crippen LogP contribution in [0.5, 0.6) is 0 Å². The molecule has 1 atom stereocenters. The molecule has 1 aliphatic rings. The third kappa shape index (κ3) is 3.40. The number of aromatic nitrogens is 2. The minimum atomic E-state index is 0.180. The Bertz CT molecular complexity index is 367. The Hall–Kier alpha value is -1.16. The Kier molecular flexibility index (Phi) is 4.31. The van der Waals surface area contributed by atoms with E-state index in [1.165, 1.54) is 6.42 Å². The van der Waals surface area contributed by atoms with Crippen LogP contribution in [0.15, 0.2) is 12.4 Å². The van der Waals surface area contributed by atoms with Crippen LogP contribution in [0.1, 0.15) is 49.4 Å². The van der Waals surface area contributed by atoms with E-state index in [0.29, 0.717) is 6.42 Å². The van der Waals surface area contributed by atoms with E-state index in [1.54, 1.807) is 10.9 Å². The normalized spacial score (nSPS) is 20.4. The fourth-order valence-electron chi connectivity index (χ4n) is 2.15. The highest BCUT2D eigenvalue weighted by atomic mass is 16.5. The van der Waals surface area contributed by atoms with E-state index in [1.807, 2.05) is 13.1 Å². The summed E-state index contributed by atoms with van der Waals surface area (Å²) in [5.74, 6) is 0.180. The lowest BCUT2D eigenvalue weighted by atomic mass is 10.0. The quantitative estimate of drug-likeness (QED) is 0.737. The van der Waals surface area contributed by atoms with Crippen LogP contribution in [0.25, 0.3) is 0 Å². The van der Waals surface area contributed by atoms with Gasteiger partial charge in [0.25, 0.3) is 0 Å². The zero-order valence-corrected chi connectivity index (χ0v) is 10.4. The highest BCUT2D eigenvalue weighted by Gasteiger charge is 2.16. The molecule has 0 amide bonds. The number of carbonyl (C=O) groups excluding carboxylic acids is 1. The molecule has 17 heavy (non-hydrogen) atoms. The summed E-state index contributed by atoms with van der Waals surface area (Å²) in [6.45, 7) is 3.67. The van der Waals surface area contributed by atoms with Crippen molar-refractivity contribution < 1.29 is 9.53 Å². The number of aryl methyl sites for hydroxylation is 1. The monoisotopic (exact) mass is 236 g/mol. The molecule has 4 nitrogen and oxygen atoms in total. The summed E-state index contributed by atoms with van der Waals surface area (Å²) in [4.78, 5) is 11.9. The van der Waals surface area contributed by atoms with Crippen LogP contribution in [0.3, 0.4) is 0 Å². The topological polar surface area (TPSA) is 44.1 Å². The molecule has 1 fully saturated rings. The fourth-order valence-corrected chi connectivity index (χ4v) is 2.15. The molecule has 2 rings (SSSR count). The minimum absolute atomic E-state index is 0.180. The maximum absolute atomic E-state index is 11.9. The first-order valence-electron chi connectivity index (χ1n) is 6.47. The van der Waals surface area contributed by atoms with Gasteiger partial charge in [-0.3, -0.25) is 9.48 Å². The summed E-state index contributed by atoms with van der Waals surface area (Å²) in [6, 6.07) is 0. The first kappa shape index (κ1) is 12.3. The zero-order valence-electron chi connectivity index (χ0n) is 10.4. The fraction of sp³-hybridized carbons (Fsp3) is 0.692. The Morgan fingerprint density at radius 2 is 2.47 bits per heavy atom. The van der Waals surface area contributed by atoms with Gasteiger partial charge in [-0.1, -0.05) is 0 Å². The molecule has 94 valence electrons. The number of ketones is 1. The number of carbonyl (C=O) groups is 1. The van der Waals surface area contributed by atoms with Gasteiger partial charge in [-0.15, -0.1) is 0 Å². The van der Waals surface area contributed by atoms with Crippen LogP contribution in [0.4, 0.5) is 0 Å². The number of nitrogens with zero attached hydrogens (tertiary/aromatic N) is 2. The van der Waals surface area contributed by atoms with Crippen LogP contribution >= 0.6 is 0 Å². The molecular weight excluding hydrogens is 216 g/mol.